The quantitative estimate of drug-likeness (QED) is 0.523. The van der Waals surface area contributed by atoms with E-state index in [2.05, 4.69) is 5.32 Å². The second-order valence-corrected chi connectivity index (χ2v) is 7.57. The lowest BCUT2D eigenvalue weighted by Gasteiger charge is -2.17. The molecule has 4 rings (SSSR count). The van der Waals surface area contributed by atoms with Crippen LogP contribution in [0.4, 0.5) is 4.79 Å². The highest BCUT2D eigenvalue weighted by atomic mass is 16.5. The predicted molar refractivity (Wildman–Crippen MR) is 117 cm³/mol. The fourth-order valence-corrected chi connectivity index (χ4v) is 4.00. The maximum atomic E-state index is 12.4. The summed E-state index contributed by atoms with van der Waals surface area (Å²) in [7, 11) is 0. The monoisotopic (exact) mass is 431 g/mol. The fourth-order valence-electron chi connectivity index (χ4n) is 4.00. The van der Waals surface area contributed by atoms with Crippen LogP contribution in [0.1, 0.15) is 33.0 Å². The summed E-state index contributed by atoms with van der Waals surface area (Å²) >= 11 is 0. The lowest BCUT2D eigenvalue weighted by molar-refractivity contribution is -0.139. The van der Waals surface area contributed by atoms with Crippen LogP contribution in [0.25, 0.3) is 11.1 Å². The zero-order chi connectivity index (χ0) is 22.7. The molecule has 7 nitrogen and oxygen atoms in total. The number of hydrogen-bond donors (Lipinski definition) is 3. The van der Waals surface area contributed by atoms with Gasteiger partial charge in [0.2, 0.25) is 0 Å². The number of amides is 1. The van der Waals surface area contributed by atoms with E-state index in [4.69, 9.17) is 9.84 Å². The maximum absolute atomic E-state index is 12.4. The molecule has 0 saturated heterocycles. The third kappa shape index (κ3) is 4.32. The number of carboxylic acid groups (broad SMARTS) is 2. The van der Waals surface area contributed by atoms with Gasteiger partial charge in [0.1, 0.15) is 12.6 Å². The molecule has 3 aromatic carbocycles. The summed E-state index contributed by atoms with van der Waals surface area (Å²) in [6.45, 7) is 0.0828. The number of ether oxygens (including phenoxy) is 1. The van der Waals surface area contributed by atoms with Crippen molar-refractivity contribution in [3.8, 4) is 11.1 Å². The van der Waals surface area contributed by atoms with E-state index in [9.17, 15) is 19.5 Å². The Hall–Kier alpha value is -4.13. The first-order valence-corrected chi connectivity index (χ1v) is 10.1. The van der Waals surface area contributed by atoms with E-state index in [1.807, 2.05) is 48.5 Å². The number of carbonyl (C=O) groups excluding carboxylic acids is 1. The van der Waals surface area contributed by atoms with Crippen molar-refractivity contribution in [2.75, 3.05) is 6.61 Å². The summed E-state index contributed by atoms with van der Waals surface area (Å²) in [6.07, 6.45) is -0.819. The predicted octanol–water partition coefficient (Wildman–Crippen LogP) is 3.92. The van der Waals surface area contributed by atoms with Gasteiger partial charge in [-0.3, -0.25) is 0 Å². The number of benzene rings is 3. The Morgan fingerprint density at radius 3 is 1.94 bits per heavy atom. The number of hydrogen-bond acceptors (Lipinski definition) is 4. The molecule has 0 spiro atoms. The summed E-state index contributed by atoms with van der Waals surface area (Å²) < 4.78 is 5.42. The minimum absolute atomic E-state index is 0.000568. The van der Waals surface area contributed by atoms with Crippen molar-refractivity contribution in [2.45, 2.75) is 18.4 Å². The van der Waals surface area contributed by atoms with Crippen LogP contribution in [-0.4, -0.2) is 40.9 Å². The molecule has 1 aliphatic carbocycles. The van der Waals surface area contributed by atoms with Gasteiger partial charge in [0.05, 0.1) is 5.56 Å². The fraction of sp³-hybridized carbons (Fsp3) is 0.160. The minimum Gasteiger partial charge on any atom is -0.480 e. The number of aromatic carboxylic acids is 1. The van der Waals surface area contributed by atoms with Crippen LogP contribution >= 0.6 is 0 Å². The van der Waals surface area contributed by atoms with E-state index in [0.717, 1.165) is 22.3 Å². The van der Waals surface area contributed by atoms with Crippen molar-refractivity contribution in [2.24, 2.45) is 0 Å². The molecule has 1 atom stereocenters. The summed E-state index contributed by atoms with van der Waals surface area (Å²) in [6, 6.07) is 20.5. The highest BCUT2D eigenvalue weighted by Crippen LogP contribution is 2.44. The first-order valence-electron chi connectivity index (χ1n) is 10.1. The Morgan fingerprint density at radius 2 is 1.41 bits per heavy atom. The lowest BCUT2D eigenvalue weighted by Crippen LogP contribution is -2.42. The average molecular weight is 431 g/mol. The van der Waals surface area contributed by atoms with Crippen LogP contribution in [0.15, 0.2) is 72.8 Å². The van der Waals surface area contributed by atoms with Crippen molar-refractivity contribution in [3.63, 3.8) is 0 Å². The van der Waals surface area contributed by atoms with Gasteiger partial charge in [-0.15, -0.1) is 0 Å². The second-order valence-electron chi connectivity index (χ2n) is 7.57. The standard InChI is InChI=1S/C25H21NO6/c27-23(28)16-11-9-15(10-12-16)13-22(24(29)30)26-25(31)32-14-21-19-7-3-1-5-17(19)18-6-2-4-8-20(18)21/h1-12,21-22H,13-14H2,(H,26,31)(H,27,28)(H,29,30). The number of nitrogens with one attached hydrogen (secondary N) is 1. The Bertz CT molecular complexity index is 1130. The van der Waals surface area contributed by atoms with Gasteiger partial charge in [-0.05, 0) is 39.9 Å². The normalized spacial score (nSPS) is 13.0. The molecule has 0 fully saturated rings. The van der Waals surface area contributed by atoms with Gasteiger partial charge in [-0.25, -0.2) is 14.4 Å². The third-order valence-corrected chi connectivity index (χ3v) is 5.57. The van der Waals surface area contributed by atoms with Crippen LogP contribution in [0.3, 0.4) is 0 Å². The van der Waals surface area contributed by atoms with Crippen molar-refractivity contribution in [1.82, 2.24) is 5.32 Å². The first-order chi connectivity index (χ1) is 15.4. The van der Waals surface area contributed by atoms with Crippen LogP contribution in [-0.2, 0) is 16.0 Å². The number of carbonyl (C=O) groups is 3. The lowest BCUT2D eigenvalue weighted by atomic mass is 9.98. The molecule has 1 amide bonds. The summed E-state index contributed by atoms with van der Waals surface area (Å²) in [5.74, 6) is -2.40. The zero-order valence-corrected chi connectivity index (χ0v) is 17.0. The van der Waals surface area contributed by atoms with E-state index < -0.39 is 24.1 Å². The van der Waals surface area contributed by atoms with E-state index in [1.54, 1.807) is 0 Å². The molecular weight excluding hydrogens is 410 g/mol. The van der Waals surface area contributed by atoms with Gasteiger partial charge in [0, 0.05) is 12.3 Å². The highest BCUT2D eigenvalue weighted by molar-refractivity contribution is 5.87. The van der Waals surface area contributed by atoms with Crippen molar-refractivity contribution < 1.29 is 29.3 Å². The molecule has 0 aliphatic heterocycles. The van der Waals surface area contributed by atoms with E-state index >= 15 is 0 Å². The van der Waals surface area contributed by atoms with Gasteiger partial charge in [-0.1, -0.05) is 60.7 Å². The minimum atomic E-state index is -1.21. The van der Waals surface area contributed by atoms with Crippen molar-refractivity contribution >= 4 is 18.0 Å². The Balaban J connectivity index is 1.41. The number of fused-ring (bicyclic) bond motifs is 3. The van der Waals surface area contributed by atoms with E-state index in [-0.39, 0.29) is 24.5 Å². The molecule has 0 aromatic heterocycles. The van der Waals surface area contributed by atoms with E-state index in [1.165, 1.54) is 24.3 Å². The maximum Gasteiger partial charge on any atom is 0.407 e. The molecule has 0 bridgehead atoms. The number of alkyl carbamates (subject to hydrolysis) is 1. The molecule has 7 heteroatoms. The molecule has 1 unspecified atom stereocenters. The number of aliphatic carboxylic acids is 1. The van der Waals surface area contributed by atoms with Crippen LogP contribution in [0.2, 0.25) is 0 Å². The van der Waals surface area contributed by atoms with Gasteiger partial charge in [0.15, 0.2) is 0 Å². The molecule has 0 saturated carbocycles. The number of rotatable bonds is 7. The molecule has 1 aliphatic rings. The summed E-state index contributed by atoms with van der Waals surface area (Å²) in [5, 5.41) is 20.9. The molecule has 0 heterocycles. The van der Waals surface area contributed by atoms with Crippen LogP contribution < -0.4 is 5.32 Å². The third-order valence-electron chi connectivity index (χ3n) is 5.57. The van der Waals surface area contributed by atoms with Crippen molar-refractivity contribution in [1.29, 1.82) is 0 Å². The van der Waals surface area contributed by atoms with Gasteiger partial charge in [0.25, 0.3) is 0 Å². The Morgan fingerprint density at radius 1 is 0.844 bits per heavy atom. The molecular formula is C25H21NO6. The summed E-state index contributed by atoms with van der Waals surface area (Å²) in [4.78, 5) is 35.0. The second kappa shape index (κ2) is 8.93. The molecule has 0 radical (unpaired) electrons. The van der Waals surface area contributed by atoms with Crippen LogP contribution in [0, 0.1) is 0 Å². The van der Waals surface area contributed by atoms with Gasteiger partial charge >= 0.3 is 18.0 Å². The first kappa shape index (κ1) is 21.1. The zero-order valence-electron chi connectivity index (χ0n) is 17.0. The highest BCUT2D eigenvalue weighted by Gasteiger charge is 2.29. The van der Waals surface area contributed by atoms with E-state index in [0.29, 0.717) is 5.56 Å². The Labute approximate surface area is 184 Å². The van der Waals surface area contributed by atoms with Crippen LogP contribution in [0.5, 0.6) is 0 Å². The molecule has 3 aromatic rings. The summed E-state index contributed by atoms with van der Waals surface area (Å²) in [5.41, 5.74) is 5.02. The average Bonchev–Trinajstić information content (AvgIpc) is 3.11. The Kier molecular flexibility index (Phi) is 5.89. The molecule has 162 valence electrons. The molecule has 3 N–H and O–H groups in total. The van der Waals surface area contributed by atoms with Gasteiger partial charge in [-0.2, -0.15) is 0 Å². The van der Waals surface area contributed by atoms with Crippen molar-refractivity contribution in [3.05, 3.63) is 95.1 Å². The SMILES string of the molecule is O=C(NC(Cc1ccc(C(=O)O)cc1)C(=O)O)OCC1c2ccccc2-c2ccccc21. The smallest absolute Gasteiger partial charge is 0.407 e. The molecule has 32 heavy (non-hydrogen) atoms. The largest absolute Gasteiger partial charge is 0.480 e. The number of carboxylic acids is 2. The van der Waals surface area contributed by atoms with Gasteiger partial charge < -0.3 is 20.3 Å². The topological polar surface area (TPSA) is 113 Å².